The number of hydrogen-bond donors (Lipinski definition) is 2. The van der Waals surface area contributed by atoms with Crippen LogP contribution in [-0.2, 0) is 4.79 Å². The van der Waals surface area contributed by atoms with Gasteiger partial charge in [-0.2, -0.15) is 0 Å². The summed E-state index contributed by atoms with van der Waals surface area (Å²) in [5.74, 6) is 1.01. The van der Waals surface area contributed by atoms with Gasteiger partial charge in [0.25, 0.3) is 0 Å². The van der Waals surface area contributed by atoms with Crippen molar-refractivity contribution < 1.29 is 13.9 Å². The number of carbonyl (C=O) groups excluding carboxylic acids is 1. The number of nitrogens with one attached hydrogen (secondary N) is 2. The Labute approximate surface area is 176 Å². The molecule has 1 aromatic heterocycles. The molecule has 2 N–H and O–H groups in total. The van der Waals surface area contributed by atoms with Gasteiger partial charge in [-0.05, 0) is 57.4 Å². The number of benzene rings is 1. The Hall–Kier alpha value is -2.25. The largest absolute Gasteiger partial charge is 0.494 e. The zero-order chi connectivity index (χ0) is 19.7. The lowest BCUT2D eigenvalue weighted by Gasteiger charge is -2.34. The molecule has 1 unspecified atom stereocenters. The van der Waals surface area contributed by atoms with Crippen LogP contribution in [0.1, 0.15) is 50.2 Å². The summed E-state index contributed by atoms with van der Waals surface area (Å²) in [7, 11) is 0. The monoisotopic (exact) mass is 420 g/mol. The van der Waals surface area contributed by atoms with E-state index in [0.29, 0.717) is 42.4 Å². The van der Waals surface area contributed by atoms with Gasteiger partial charge in [0.15, 0.2) is 0 Å². The normalized spacial score (nSPS) is 23.6. The molecule has 0 aliphatic carbocycles. The van der Waals surface area contributed by atoms with E-state index in [9.17, 15) is 9.18 Å². The maximum absolute atomic E-state index is 14.5. The van der Waals surface area contributed by atoms with Gasteiger partial charge in [-0.15, -0.1) is 12.4 Å². The Morgan fingerprint density at radius 1 is 1.28 bits per heavy atom. The lowest BCUT2D eigenvalue weighted by atomic mass is 9.87. The summed E-state index contributed by atoms with van der Waals surface area (Å²) in [6.07, 6.45) is 3.15. The minimum atomic E-state index is -0.340. The van der Waals surface area contributed by atoms with Gasteiger partial charge in [0.2, 0.25) is 5.91 Å². The number of aromatic nitrogens is 2. The number of rotatable bonds is 4. The first-order valence-corrected chi connectivity index (χ1v) is 9.81. The molecule has 1 aromatic carbocycles. The van der Waals surface area contributed by atoms with Crippen molar-refractivity contribution in [1.29, 1.82) is 0 Å². The van der Waals surface area contributed by atoms with Crippen molar-refractivity contribution in [2.75, 3.05) is 13.2 Å². The number of nitrogens with zero attached hydrogens (tertiary/aromatic N) is 2. The van der Waals surface area contributed by atoms with Gasteiger partial charge in [-0.25, -0.2) is 14.4 Å². The second-order valence-electron chi connectivity index (χ2n) is 7.62. The van der Waals surface area contributed by atoms with E-state index in [1.165, 1.54) is 6.07 Å². The van der Waals surface area contributed by atoms with Crippen LogP contribution in [-0.4, -0.2) is 34.6 Å². The molecular formula is C21H26ClFN4O2. The van der Waals surface area contributed by atoms with Crippen LogP contribution >= 0.6 is 12.4 Å². The van der Waals surface area contributed by atoms with Crippen LogP contribution in [0, 0.1) is 12.7 Å². The first-order valence-electron chi connectivity index (χ1n) is 9.81. The highest BCUT2D eigenvalue weighted by atomic mass is 35.5. The molecule has 2 atom stereocenters. The van der Waals surface area contributed by atoms with Crippen molar-refractivity contribution in [2.45, 2.75) is 51.1 Å². The number of piperidine rings is 1. The quantitative estimate of drug-likeness (QED) is 0.791. The number of hydrogen-bond acceptors (Lipinski definition) is 5. The lowest BCUT2D eigenvalue weighted by molar-refractivity contribution is -0.124. The van der Waals surface area contributed by atoms with E-state index in [4.69, 9.17) is 4.74 Å². The van der Waals surface area contributed by atoms with Crippen molar-refractivity contribution in [3.63, 3.8) is 0 Å². The first-order chi connectivity index (χ1) is 13.5. The van der Waals surface area contributed by atoms with E-state index in [1.54, 1.807) is 18.2 Å². The molecule has 2 aliphatic heterocycles. The zero-order valence-corrected chi connectivity index (χ0v) is 17.4. The first kappa shape index (κ1) is 21.5. The number of amides is 1. The third-order valence-corrected chi connectivity index (χ3v) is 5.52. The van der Waals surface area contributed by atoms with Crippen molar-refractivity contribution in [2.24, 2.45) is 0 Å². The number of halogens is 2. The molecule has 29 heavy (non-hydrogen) atoms. The van der Waals surface area contributed by atoms with Gasteiger partial charge in [-0.1, -0.05) is 0 Å². The standard InChI is InChI=1S/C21H25FN4O2.ClH/c1-3-28-14-4-5-16(22)15(11-14)18-10-13(2)24-20(25-18)17-6-7-21(26-17)8-9-23-19(27)12-21;/h4-5,10-11,17,26H,3,6-9,12H2,1-2H3,(H,23,27);1H/t17-,21?;/m0./s1. The summed E-state index contributed by atoms with van der Waals surface area (Å²) in [5, 5.41) is 6.49. The summed E-state index contributed by atoms with van der Waals surface area (Å²) in [6, 6.07) is 6.45. The number of carbonyl (C=O) groups is 1. The molecule has 1 amide bonds. The fourth-order valence-electron chi connectivity index (χ4n) is 4.21. The summed E-state index contributed by atoms with van der Waals surface area (Å²) in [4.78, 5) is 21.1. The van der Waals surface area contributed by atoms with Crippen molar-refractivity contribution in [3.8, 4) is 17.0 Å². The predicted molar refractivity (Wildman–Crippen MR) is 111 cm³/mol. The average molecular weight is 421 g/mol. The van der Waals surface area contributed by atoms with Crippen LogP contribution in [0.2, 0.25) is 0 Å². The summed E-state index contributed by atoms with van der Waals surface area (Å²) < 4.78 is 20.0. The van der Waals surface area contributed by atoms with Gasteiger partial charge < -0.3 is 15.4 Å². The van der Waals surface area contributed by atoms with E-state index in [0.717, 1.165) is 25.0 Å². The van der Waals surface area contributed by atoms with E-state index < -0.39 is 0 Å². The molecule has 2 aromatic rings. The minimum absolute atomic E-state index is 0. The molecule has 156 valence electrons. The maximum atomic E-state index is 14.5. The third-order valence-electron chi connectivity index (χ3n) is 5.52. The van der Waals surface area contributed by atoms with Crippen molar-refractivity contribution in [1.82, 2.24) is 20.6 Å². The SMILES string of the molecule is CCOc1ccc(F)c(-c2cc(C)nc([C@@H]3CCC4(CCNC(=O)C4)N3)n2)c1.Cl. The molecule has 4 rings (SSSR count). The molecule has 0 radical (unpaired) electrons. The van der Waals surface area contributed by atoms with Crippen LogP contribution in [0.15, 0.2) is 24.3 Å². The molecule has 2 saturated heterocycles. The van der Waals surface area contributed by atoms with Crippen LogP contribution in [0.4, 0.5) is 4.39 Å². The topological polar surface area (TPSA) is 76.1 Å². The molecule has 6 nitrogen and oxygen atoms in total. The second-order valence-corrected chi connectivity index (χ2v) is 7.62. The van der Waals surface area contributed by atoms with Gasteiger partial charge in [0.1, 0.15) is 17.4 Å². The molecule has 2 aliphatic rings. The molecule has 2 fully saturated rings. The summed E-state index contributed by atoms with van der Waals surface area (Å²) in [6.45, 7) is 4.98. The molecule has 8 heteroatoms. The summed E-state index contributed by atoms with van der Waals surface area (Å²) >= 11 is 0. The number of ether oxygens (including phenoxy) is 1. The Morgan fingerprint density at radius 2 is 2.10 bits per heavy atom. The zero-order valence-electron chi connectivity index (χ0n) is 16.6. The van der Waals surface area contributed by atoms with Crippen molar-refractivity contribution in [3.05, 3.63) is 41.6 Å². The van der Waals surface area contributed by atoms with Crippen LogP contribution in [0.5, 0.6) is 5.75 Å². The van der Waals surface area contributed by atoms with Crippen LogP contribution in [0.25, 0.3) is 11.3 Å². The molecule has 1 spiro atoms. The highest BCUT2D eigenvalue weighted by molar-refractivity contribution is 5.85. The number of aryl methyl sites for hydroxylation is 1. The molecule has 3 heterocycles. The van der Waals surface area contributed by atoms with Gasteiger partial charge in [0.05, 0.1) is 18.3 Å². The van der Waals surface area contributed by atoms with Crippen LogP contribution in [0.3, 0.4) is 0 Å². The van der Waals surface area contributed by atoms with Crippen LogP contribution < -0.4 is 15.4 Å². The Balaban J connectivity index is 0.00000240. The average Bonchev–Trinajstić information content (AvgIpc) is 3.06. The molecule has 0 bridgehead atoms. The van der Waals surface area contributed by atoms with Gasteiger partial charge >= 0.3 is 0 Å². The molecular weight excluding hydrogens is 395 g/mol. The van der Waals surface area contributed by atoms with E-state index in [-0.39, 0.29) is 35.7 Å². The van der Waals surface area contributed by atoms with E-state index >= 15 is 0 Å². The predicted octanol–water partition coefficient (Wildman–Crippen LogP) is 3.48. The third kappa shape index (κ3) is 4.51. The van der Waals surface area contributed by atoms with E-state index in [1.807, 2.05) is 13.8 Å². The Bertz CT molecular complexity index is 910. The smallest absolute Gasteiger partial charge is 0.221 e. The Kier molecular flexibility index (Phi) is 6.39. The fourth-order valence-corrected chi connectivity index (χ4v) is 4.21. The highest BCUT2D eigenvalue weighted by Crippen LogP contribution is 2.38. The van der Waals surface area contributed by atoms with Crippen molar-refractivity contribution >= 4 is 18.3 Å². The lowest BCUT2D eigenvalue weighted by Crippen LogP contribution is -2.51. The fraction of sp³-hybridized carbons (Fsp3) is 0.476. The summed E-state index contributed by atoms with van der Waals surface area (Å²) in [5.41, 5.74) is 1.55. The van der Waals surface area contributed by atoms with E-state index in [2.05, 4.69) is 20.6 Å². The highest BCUT2D eigenvalue weighted by Gasteiger charge is 2.43. The minimum Gasteiger partial charge on any atom is -0.494 e. The molecule has 0 saturated carbocycles. The van der Waals surface area contributed by atoms with Gasteiger partial charge in [-0.3, -0.25) is 4.79 Å². The maximum Gasteiger partial charge on any atom is 0.221 e. The Morgan fingerprint density at radius 3 is 2.86 bits per heavy atom. The van der Waals surface area contributed by atoms with Gasteiger partial charge in [0, 0.05) is 29.8 Å². The second kappa shape index (κ2) is 8.63.